The van der Waals surface area contributed by atoms with Crippen LogP contribution in [0.4, 0.5) is 11.5 Å². The molecule has 0 saturated carbocycles. The standard InChI is InChI=1S/C12H16N6O2/c1-2-20-12(19)10-7-9(13)8-15-11(10)14-3-5-18-6-4-16-17-18/h4,6-8H,2-3,5,13H2,1H3,(H,14,15). The summed E-state index contributed by atoms with van der Waals surface area (Å²) < 4.78 is 6.65. The second kappa shape index (κ2) is 6.50. The molecule has 0 atom stereocenters. The number of nitrogens with one attached hydrogen (secondary N) is 1. The first-order chi connectivity index (χ1) is 9.70. The van der Waals surface area contributed by atoms with E-state index in [0.717, 1.165) is 0 Å². The van der Waals surface area contributed by atoms with Crippen LogP contribution in [0.25, 0.3) is 0 Å². The predicted molar refractivity (Wildman–Crippen MR) is 73.1 cm³/mol. The average Bonchev–Trinajstić information content (AvgIpc) is 2.94. The molecule has 2 aromatic heterocycles. The van der Waals surface area contributed by atoms with E-state index in [0.29, 0.717) is 36.8 Å². The third kappa shape index (κ3) is 3.44. The van der Waals surface area contributed by atoms with Crippen molar-refractivity contribution in [1.29, 1.82) is 0 Å². The van der Waals surface area contributed by atoms with E-state index in [2.05, 4.69) is 20.6 Å². The van der Waals surface area contributed by atoms with Crippen LogP contribution in [0, 0.1) is 0 Å². The summed E-state index contributed by atoms with van der Waals surface area (Å²) in [6, 6.07) is 1.54. The Morgan fingerprint density at radius 1 is 1.55 bits per heavy atom. The number of anilines is 2. The maximum Gasteiger partial charge on any atom is 0.341 e. The molecule has 0 saturated heterocycles. The molecule has 2 heterocycles. The summed E-state index contributed by atoms with van der Waals surface area (Å²) in [5.41, 5.74) is 6.38. The molecule has 0 aliphatic rings. The fourth-order valence-corrected chi connectivity index (χ4v) is 1.63. The fraction of sp³-hybridized carbons (Fsp3) is 0.333. The molecule has 0 bridgehead atoms. The van der Waals surface area contributed by atoms with Crippen LogP contribution in [-0.4, -0.2) is 39.1 Å². The molecule has 3 N–H and O–H groups in total. The van der Waals surface area contributed by atoms with Gasteiger partial charge in [-0.15, -0.1) is 5.10 Å². The third-order valence-electron chi connectivity index (χ3n) is 2.51. The minimum atomic E-state index is -0.449. The highest BCUT2D eigenvalue weighted by atomic mass is 16.5. The summed E-state index contributed by atoms with van der Waals surface area (Å²) in [4.78, 5) is 15.9. The predicted octanol–water partition coefficient (Wildman–Crippen LogP) is 0.544. The number of ether oxygens (including phenoxy) is 1. The Hall–Kier alpha value is -2.64. The summed E-state index contributed by atoms with van der Waals surface area (Å²) in [6.07, 6.45) is 4.84. The van der Waals surface area contributed by atoms with Gasteiger partial charge in [-0.05, 0) is 13.0 Å². The Bertz CT molecular complexity index is 569. The third-order valence-corrected chi connectivity index (χ3v) is 2.51. The fourth-order valence-electron chi connectivity index (χ4n) is 1.63. The lowest BCUT2D eigenvalue weighted by Crippen LogP contribution is -2.16. The number of carbonyl (C=O) groups excluding carboxylic acids is 1. The lowest BCUT2D eigenvalue weighted by molar-refractivity contribution is 0.0527. The SMILES string of the molecule is CCOC(=O)c1cc(N)cnc1NCCn1ccnn1. The van der Waals surface area contributed by atoms with E-state index in [-0.39, 0.29) is 0 Å². The van der Waals surface area contributed by atoms with Crippen molar-refractivity contribution >= 4 is 17.5 Å². The first-order valence-electron chi connectivity index (χ1n) is 6.21. The van der Waals surface area contributed by atoms with Gasteiger partial charge in [0.05, 0.1) is 31.2 Å². The Balaban J connectivity index is 2.04. The van der Waals surface area contributed by atoms with Crippen molar-refractivity contribution in [2.75, 3.05) is 24.2 Å². The largest absolute Gasteiger partial charge is 0.462 e. The number of carbonyl (C=O) groups is 1. The van der Waals surface area contributed by atoms with Crippen molar-refractivity contribution in [2.45, 2.75) is 13.5 Å². The molecule has 2 aromatic rings. The van der Waals surface area contributed by atoms with Gasteiger partial charge in [0.2, 0.25) is 0 Å². The van der Waals surface area contributed by atoms with Crippen molar-refractivity contribution in [2.24, 2.45) is 0 Å². The quantitative estimate of drug-likeness (QED) is 0.741. The molecule has 0 radical (unpaired) electrons. The normalized spacial score (nSPS) is 10.2. The number of nitrogen functional groups attached to an aromatic ring is 1. The van der Waals surface area contributed by atoms with Gasteiger partial charge in [0.15, 0.2) is 0 Å². The molecular weight excluding hydrogens is 260 g/mol. The monoisotopic (exact) mass is 276 g/mol. The van der Waals surface area contributed by atoms with E-state index in [1.165, 1.54) is 6.20 Å². The van der Waals surface area contributed by atoms with Crippen LogP contribution in [0.5, 0.6) is 0 Å². The number of hydrogen-bond donors (Lipinski definition) is 2. The molecule has 0 fully saturated rings. The van der Waals surface area contributed by atoms with E-state index in [9.17, 15) is 4.79 Å². The Morgan fingerprint density at radius 2 is 2.40 bits per heavy atom. The number of nitrogens with zero attached hydrogens (tertiary/aromatic N) is 4. The highest BCUT2D eigenvalue weighted by Crippen LogP contribution is 2.16. The van der Waals surface area contributed by atoms with Crippen LogP contribution in [0.15, 0.2) is 24.7 Å². The van der Waals surface area contributed by atoms with Gasteiger partial charge in [-0.2, -0.15) is 0 Å². The molecule has 0 aromatic carbocycles. The number of hydrogen-bond acceptors (Lipinski definition) is 7. The van der Waals surface area contributed by atoms with Gasteiger partial charge in [0, 0.05) is 12.7 Å². The zero-order chi connectivity index (χ0) is 14.4. The Kier molecular flexibility index (Phi) is 4.48. The van der Waals surface area contributed by atoms with Crippen molar-refractivity contribution in [1.82, 2.24) is 20.0 Å². The number of pyridine rings is 1. The highest BCUT2D eigenvalue weighted by Gasteiger charge is 2.14. The van der Waals surface area contributed by atoms with Gasteiger partial charge in [0.25, 0.3) is 0 Å². The Morgan fingerprint density at radius 3 is 3.10 bits per heavy atom. The lowest BCUT2D eigenvalue weighted by atomic mass is 10.2. The van der Waals surface area contributed by atoms with Crippen LogP contribution < -0.4 is 11.1 Å². The minimum Gasteiger partial charge on any atom is -0.462 e. The van der Waals surface area contributed by atoms with E-state index < -0.39 is 5.97 Å². The van der Waals surface area contributed by atoms with Gasteiger partial charge in [-0.3, -0.25) is 4.68 Å². The van der Waals surface area contributed by atoms with Gasteiger partial charge >= 0.3 is 5.97 Å². The molecule has 0 spiro atoms. The summed E-state index contributed by atoms with van der Waals surface area (Å²) in [5.74, 6) is -0.00618. The van der Waals surface area contributed by atoms with Crippen molar-refractivity contribution in [3.05, 3.63) is 30.2 Å². The number of aromatic nitrogens is 4. The summed E-state index contributed by atoms with van der Waals surface area (Å²) in [5, 5.41) is 10.6. The topological polar surface area (TPSA) is 108 Å². The van der Waals surface area contributed by atoms with Gasteiger partial charge in [0.1, 0.15) is 11.4 Å². The second-order valence-corrected chi connectivity index (χ2v) is 3.98. The molecule has 0 aliphatic heterocycles. The van der Waals surface area contributed by atoms with Crippen LogP contribution >= 0.6 is 0 Å². The van der Waals surface area contributed by atoms with Crippen LogP contribution in [0.1, 0.15) is 17.3 Å². The van der Waals surface area contributed by atoms with E-state index in [1.807, 2.05) is 0 Å². The molecule has 8 nitrogen and oxygen atoms in total. The van der Waals surface area contributed by atoms with Crippen molar-refractivity contribution < 1.29 is 9.53 Å². The first kappa shape index (κ1) is 13.8. The first-order valence-corrected chi connectivity index (χ1v) is 6.21. The molecule has 106 valence electrons. The Labute approximate surface area is 115 Å². The maximum absolute atomic E-state index is 11.8. The zero-order valence-electron chi connectivity index (χ0n) is 11.1. The number of nitrogens with two attached hydrogens (primary N) is 1. The maximum atomic E-state index is 11.8. The highest BCUT2D eigenvalue weighted by molar-refractivity contribution is 5.95. The van der Waals surface area contributed by atoms with E-state index >= 15 is 0 Å². The van der Waals surface area contributed by atoms with Crippen molar-refractivity contribution in [3.8, 4) is 0 Å². The number of rotatable bonds is 6. The van der Waals surface area contributed by atoms with E-state index in [1.54, 1.807) is 30.1 Å². The minimum absolute atomic E-state index is 0.298. The number of esters is 1. The van der Waals surface area contributed by atoms with Crippen LogP contribution in [-0.2, 0) is 11.3 Å². The summed E-state index contributed by atoms with van der Waals surface area (Å²) >= 11 is 0. The second-order valence-electron chi connectivity index (χ2n) is 3.98. The zero-order valence-corrected chi connectivity index (χ0v) is 11.1. The van der Waals surface area contributed by atoms with Gasteiger partial charge < -0.3 is 15.8 Å². The molecule has 0 unspecified atom stereocenters. The lowest BCUT2D eigenvalue weighted by Gasteiger charge is -2.10. The smallest absolute Gasteiger partial charge is 0.341 e. The van der Waals surface area contributed by atoms with Gasteiger partial charge in [-0.1, -0.05) is 5.21 Å². The van der Waals surface area contributed by atoms with Crippen LogP contribution in [0.2, 0.25) is 0 Å². The molecule has 8 heteroatoms. The molecule has 0 aliphatic carbocycles. The molecule has 2 rings (SSSR count). The average molecular weight is 276 g/mol. The van der Waals surface area contributed by atoms with E-state index in [4.69, 9.17) is 10.5 Å². The molecular formula is C12H16N6O2. The molecule has 0 amide bonds. The van der Waals surface area contributed by atoms with Crippen molar-refractivity contribution in [3.63, 3.8) is 0 Å². The summed E-state index contributed by atoms with van der Waals surface area (Å²) in [6.45, 7) is 3.20. The molecule has 20 heavy (non-hydrogen) atoms. The van der Waals surface area contributed by atoms with Gasteiger partial charge in [-0.25, -0.2) is 9.78 Å². The summed E-state index contributed by atoms with van der Waals surface area (Å²) in [7, 11) is 0. The van der Waals surface area contributed by atoms with Crippen LogP contribution in [0.3, 0.4) is 0 Å².